The maximum atomic E-state index is 13.9. The Balaban J connectivity index is 1.55. The van der Waals surface area contributed by atoms with Gasteiger partial charge in [0.25, 0.3) is 0 Å². The van der Waals surface area contributed by atoms with Gasteiger partial charge in [0, 0.05) is 17.9 Å². The topological polar surface area (TPSA) is 85.1 Å². The zero-order chi connectivity index (χ0) is 23.7. The number of para-hydroxylation sites is 2. The van der Waals surface area contributed by atoms with Gasteiger partial charge in [0.1, 0.15) is 5.69 Å². The predicted molar refractivity (Wildman–Crippen MR) is 127 cm³/mol. The first-order chi connectivity index (χ1) is 16.4. The standard InChI is InChI=1S/C28H26N2O4/c1-3-15(2)16-12-13-19-20(14-16)24-18-9-5-4-8-17(18)23(19)25-26(24)28(32)29(27(25)31)21-10-6-7-11-22(21)30(33)34/h4-15,23-26,30,33H,3H2,1-2H3/t15-,23+,24+,25+,26-/m1/s1. The Morgan fingerprint density at radius 1 is 0.882 bits per heavy atom. The van der Waals surface area contributed by atoms with Crippen molar-refractivity contribution in [2.45, 2.75) is 38.0 Å². The highest BCUT2D eigenvalue weighted by molar-refractivity contribution is 6.24. The fourth-order valence-corrected chi connectivity index (χ4v) is 6.37. The van der Waals surface area contributed by atoms with E-state index in [2.05, 4.69) is 44.2 Å². The number of rotatable bonds is 4. The van der Waals surface area contributed by atoms with E-state index in [0.717, 1.165) is 33.6 Å². The van der Waals surface area contributed by atoms with Crippen molar-refractivity contribution >= 4 is 23.2 Å². The van der Waals surface area contributed by atoms with E-state index < -0.39 is 17.1 Å². The molecule has 2 amide bonds. The largest absolute Gasteiger partial charge is 0.595 e. The Morgan fingerprint density at radius 3 is 2.06 bits per heavy atom. The van der Waals surface area contributed by atoms with Crippen LogP contribution in [0.4, 0.5) is 11.4 Å². The molecule has 1 aliphatic heterocycles. The SMILES string of the molecule is CC[C@@H](C)c1ccc2c(c1)[C@@H]1c3ccccc3[C@@H]2[C@@H]2C(=O)N(c3ccccc3[NH+]([O-])O)C(=O)[C@H]12. The summed E-state index contributed by atoms with van der Waals surface area (Å²) in [6, 6.07) is 20.9. The molecule has 6 atom stereocenters. The zero-order valence-corrected chi connectivity index (χ0v) is 19.1. The highest BCUT2D eigenvalue weighted by Crippen LogP contribution is 2.61. The molecule has 0 radical (unpaired) electrons. The van der Waals surface area contributed by atoms with Gasteiger partial charge in [-0.25, -0.2) is 10.1 Å². The molecule has 2 bridgehead atoms. The van der Waals surface area contributed by atoms with E-state index in [-0.39, 0.29) is 35.0 Å². The van der Waals surface area contributed by atoms with Crippen molar-refractivity contribution in [1.29, 1.82) is 0 Å². The van der Waals surface area contributed by atoms with Gasteiger partial charge in [-0.05, 0) is 46.2 Å². The number of carbonyl (C=O) groups is 2. The summed E-state index contributed by atoms with van der Waals surface area (Å²) in [6.45, 7) is 4.37. The Bertz CT molecular complexity index is 1330. The Labute approximate surface area is 198 Å². The molecule has 0 saturated carbocycles. The van der Waals surface area contributed by atoms with Gasteiger partial charge < -0.3 is 5.21 Å². The number of nitrogens with zero attached hydrogens (tertiary/aromatic N) is 1. The minimum atomic E-state index is -1.15. The second-order valence-electron chi connectivity index (χ2n) is 9.67. The summed E-state index contributed by atoms with van der Waals surface area (Å²) in [7, 11) is 0. The first-order valence-electron chi connectivity index (χ1n) is 11.9. The molecule has 1 heterocycles. The molecule has 7 rings (SSSR count). The molecule has 0 spiro atoms. The molecule has 3 aliphatic carbocycles. The van der Waals surface area contributed by atoms with Crippen LogP contribution in [0.25, 0.3) is 0 Å². The fraction of sp³-hybridized carbons (Fsp3) is 0.286. The van der Waals surface area contributed by atoms with Crippen LogP contribution in [0.1, 0.15) is 65.8 Å². The molecule has 34 heavy (non-hydrogen) atoms. The van der Waals surface area contributed by atoms with Crippen LogP contribution in [0.5, 0.6) is 0 Å². The monoisotopic (exact) mass is 454 g/mol. The molecule has 3 aromatic rings. The molecule has 3 aromatic carbocycles. The number of hydrogen-bond acceptors (Lipinski definition) is 4. The normalized spacial score (nSPS) is 26.2. The average molecular weight is 455 g/mol. The number of anilines is 1. The Hall–Kier alpha value is -3.32. The number of quaternary nitrogens is 1. The summed E-state index contributed by atoms with van der Waals surface area (Å²) in [4.78, 5) is 28.9. The van der Waals surface area contributed by atoms with Gasteiger partial charge >= 0.3 is 0 Å². The van der Waals surface area contributed by atoms with Crippen LogP contribution >= 0.6 is 0 Å². The first kappa shape index (κ1) is 21.2. The second kappa shape index (κ2) is 7.60. The lowest BCUT2D eigenvalue weighted by atomic mass is 9.54. The summed E-state index contributed by atoms with van der Waals surface area (Å²) in [6.07, 6.45) is 1.02. The van der Waals surface area contributed by atoms with E-state index >= 15 is 0 Å². The van der Waals surface area contributed by atoms with Crippen molar-refractivity contribution in [3.05, 3.63) is 99.8 Å². The third-order valence-electron chi connectivity index (χ3n) is 8.12. The summed E-state index contributed by atoms with van der Waals surface area (Å²) in [5, 5.41) is 20.4. The average Bonchev–Trinajstić information content (AvgIpc) is 3.13. The van der Waals surface area contributed by atoms with Crippen LogP contribution in [0, 0.1) is 17.0 Å². The summed E-state index contributed by atoms with van der Waals surface area (Å²) in [5.74, 6) is -1.70. The lowest BCUT2D eigenvalue weighted by Gasteiger charge is -2.46. The quantitative estimate of drug-likeness (QED) is 0.461. The molecular formula is C28H26N2O4. The van der Waals surface area contributed by atoms with Crippen molar-refractivity contribution in [3.8, 4) is 0 Å². The van der Waals surface area contributed by atoms with Crippen molar-refractivity contribution < 1.29 is 20.0 Å². The number of hydrogen-bond donors (Lipinski definition) is 2. The fourth-order valence-electron chi connectivity index (χ4n) is 6.37. The number of benzene rings is 3. The maximum Gasteiger partial charge on any atom is 0.238 e. The molecule has 2 N–H and O–H groups in total. The minimum Gasteiger partial charge on any atom is -0.595 e. The van der Waals surface area contributed by atoms with E-state index in [9.17, 15) is 20.0 Å². The van der Waals surface area contributed by atoms with Crippen LogP contribution in [0.3, 0.4) is 0 Å². The molecule has 172 valence electrons. The van der Waals surface area contributed by atoms with E-state index in [1.807, 2.05) is 12.1 Å². The maximum absolute atomic E-state index is 13.9. The van der Waals surface area contributed by atoms with Gasteiger partial charge in [0.15, 0.2) is 5.69 Å². The molecule has 6 nitrogen and oxygen atoms in total. The number of amides is 2. The van der Waals surface area contributed by atoms with Gasteiger partial charge in [-0.1, -0.05) is 68.4 Å². The van der Waals surface area contributed by atoms with Crippen molar-refractivity contribution in [1.82, 2.24) is 0 Å². The molecule has 4 aliphatic rings. The molecule has 1 saturated heterocycles. The van der Waals surface area contributed by atoms with Gasteiger partial charge in [0.05, 0.1) is 11.8 Å². The van der Waals surface area contributed by atoms with Crippen LogP contribution in [-0.2, 0) is 9.59 Å². The third-order valence-corrected chi connectivity index (χ3v) is 8.12. The Kier molecular flexibility index (Phi) is 4.74. The number of carbonyl (C=O) groups excluding carboxylic acids is 2. The highest BCUT2D eigenvalue weighted by atomic mass is 16.8. The molecule has 1 fully saturated rings. The van der Waals surface area contributed by atoms with E-state index in [1.54, 1.807) is 18.2 Å². The van der Waals surface area contributed by atoms with E-state index in [4.69, 9.17) is 0 Å². The van der Waals surface area contributed by atoms with Gasteiger partial charge in [-0.15, -0.1) is 0 Å². The molecule has 1 unspecified atom stereocenters. The van der Waals surface area contributed by atoms with E-state index in [1.165, 1.54) is 11.6 Å². The van der Waals surface area contributed by atoms with Crippen molar-refractivity contribution in [2.24, 2.45) is 11.8 Å². The zero-order valence-electron chi connectivity index (χ0n) is 19.1. The van der Waals surface area contributed by atoms with Crippen LogP contribution < -0.4 is 10.1 Å². The van der Waals surface area contributed by atoms with Crippen molar-refractivity contribution in [2.75, 3.05) is 4.90 Å². The van der Waals surface area contributed by atoms with Gasteiger partial charge in [-0.2, -0.15) is 5.23 Å². The van der Waals surface area contributed by atoms with Gasteiger partial charge in [-0.3, -0.25) is 9.59 Å². The number of nitrogens with one attached hydrogen (secondary N) is 1. The van der Waals surface area contributed by atoms with Crippen LogP contribution in [0.15, 0.2) is 66.7 Å². The number of imide groups is 1. The molecular weight excluding hydrogens is 428 g/mol. The third kappa shape index (κ3) is 2.73. The van der Waals surface area contributed by atoms with Crippen molar-refractivity contribution in [3.63, 3.8) is 0 Å². The second-order valence-corrected chi connectivity index (χ2v) is 9.67. The van der Waals surface area contributed by atoms with Gasteiger partial charge in [0.2, 0.25) is 11.8 Å². The Morgan fingerprint density at radius 2 is 1.44 bits per heavy atom. The molecule has 0 aromatic heterocycles. The lowest BCUT2D eigenvalue weighted by molar-refractivity contribution is -0.990. The summed E-state index contributed by atoms with van der Waals surface area (Å²) in [5.41, 5.74) is 5.83. The molecule has 6 heteroatoms. The smallest absolute Gasteiger partial charge is 0.238 e. The lowest BCUT2D eigenvalue weighted by Crippen LogP contribution is -2.99. The van der Waals surface area contributed by atoms with Crippen LogP contribution in [-0.4, -0.2) is 17.0 Å². The van der Waals surface area contributed by atoms with E-state index in [0.29, 0.717) is 5.92 Å². The predicted octanol–water partition coefficient (Wildman–Crippen LogP) is 4.00. The summed E-state index contributed by atoms with van der Waals surface area (Å²) >= 11 is 0. The van der Waals surface area contributed by atoms with Crippen LogP contribution in [0.2, 0.25) is 0 Å². The minimum absolute atomic E-state index is 0.0377. The first-order valence-corrected chi connectivity index (χ1v) is 11.9. The summed E-state index contributed by atoms with van der Waals surface area (Å²) < 4.78 is 0. The highest BCUT2D eigenvalue weighted by Gasteiger charge is 2.62.